The van der Waals surface area contributed by atoms with Crippen LogP contribution >= 0.6 is 0 Å². The summed E-state index contributed by atoms with van der Waals surface area (Å²) in [6, 6.07) is 7.97. The van der Waals surface area contributed by atoms with E-state index < -0.39 is 22.8 Å². The number of nitrogens with zero attached hydrogens (tertiary/aromatic N) is 2. The lowest BCUT2D eigenvalue weighted by atomic mass is 9.79. The summed E-state index contributed by atoms with van der Waals surface area (Å²) in [6.45, 7) is 7.92. The summed E-state index contributed by atoms with van der Waals surface area (Å²) in [6.07, 6.45) is 4.06. The van der Waals surface area contributed by atoms with Gasteiger partial charge in [-0.2, -0.15) is 0 Å². The van der Waals surface area contributed by atoms with Gasteiger partial charge in [0.05, 0.1) is 41.8 Å². The Morgan fingerprint density at radius 2 is 1.62 bits per heavy atom. The molecule has 11 heteroatoms. The van der Waals surface area contributed by atoms with Gasteiger partial charge in [-0.3, -0.25) is 15.2 Å². The number of para-hydroxylation sites is 1. The van der Waals surface area contributed by atoms with Crippen molar-refractivity contribution in [1.82, 2.24) is 15.5 Å². The topological polar surface area (TPSA) is 146 Å². The maximum Gasteiger partial charge on any atom is 0.336 e. The maximum atomic E-state index is 13.3. The van der Waals surface area contributed by atoms with Crippen LogP contribution in [0.25, 0.3) is 0 Å². The number of nitro benzene ring substituents is 1. The molecule has 0 spiro atoms. The van der Waals surface area contributed by atoms with Crippen LogP contribution in [0.5, 0.6) is 5.88 Å². The number of benzene rings is 1. The van der Waals surface area contributed by atoms with Crippen LogP contribution in [0.2, 0.25) is 0 Å². The van der Waals surface area contributed by atoms with Crippen molar-refractivity contribution in [1.29, 1.82) is 0 Å². The van der Waals surface area contributed by atoms with Crippen molar-refractivity contribution in [2.75, 3.05) is 19.8 Å². The molecule has 3 rings (SSSR count). The van der Waals surface area contributed by atoms with E-state index >= 15 is 0 Å². The highest BCUT2D eigenvalue weighted by atomic mass is 16.6. The molecule has 0 fully saturated rings. The summed E-state index contributed by atoms with van der Waals surface area (Å²) in [5, 5.41) is 21.9. The second kappa shape index (κ2) is 14.1. The Morgan fingerprint density at radius 1 is 0.974 bits per heavy atom. The number of aromatic amines is 1. The molecule has 1 aromatic heterocycles. The molecule has 11 nitrogen and oxygen atoms in total. The van der Waals surface area contributed by atoms with E-state index in [-0.39, 0.29) is 35.6 Å². The van der Waals surface area contributed by atoms with Crippen molar-refractivity contribution in [2.45, 2.75) is 65.7 Å². The maximum absolute atomic E-state index is 13.3. The molecule has 0 saturated heterocycles. The van der Waals surface area contributed by atoms with Gasteiger partial charge in [-0.25, -0.2) is 9.59 Å². The van der Waals surface area contributed by atoms with Crippen molar-refractivity contribution >= 4 is 17.6 Å². The minimum absolute atomic E-state index is 0.119. The third-order valence-corrected chi connectivity index (χ3v) is 6.43. The zero-order chi connectivity index (χ0) is 28.4. The van der Waals surface area contributed by atoms with Gasteiger partial charge in [0.25, 0.3) is 5.69 Å². The first-order valence-corrected chi connectivity index (χ1v) is 13.2. The van der Waals surface area contributed by atoms with E-state index in [1.54, 1.807) is 39.0 Å². The molecule has 0 radical (unpaired) electrons. The molecule has 0 amide bonds. The highest BCUT2D eigenvalue weighted by molar-refractivity contribution is 6.00. The fourth-order valence-corrected chi connectivity index (χ4v) is 4.53. The van der Waals surface area contributed by atoms with Crippen LogP contribution in [-0.2, 0) is 25.5 Å². The summed E-state index contributed by atoms with van der Waals surface area (Å²) in [5.74, 6) is -1.70. The van der Waals surface area contributed by atoms with Crippen LogP contribution < -0.4 is 10.1 Å². The molecule has 0 saturated carbocycles. The number of rotatable bonds is 14. The number of carbonyl (C=O) groups excluding carboxylic acids is 2. The predicted molar refractivity (Wildman–Crippen MR) is 144 cm³/mol. The molecule has 1 unspecified atom stereocenters. The number of aryl methyl sites for hydroxylation is 1. The molecule has 2 aromatic rings. The Bertz CT molecular complexity index is 1250. The number of nitrogens with one attached hydrogen (secondary N) is 2. The van der Waals surface area contributed by atoms with E-state index in [0.717, 1.165) is 31.4 Å². The summed E-state index contributed by atoms with van der Waals surface area (Å²) < 4.78 is 16.5. The lowest BCUT2D eigenvalue weighted by molar-refractivity contribution is -0.385. The van der Waals surface area contributed by atoms with E-state index in [1.165, 1.54) is 6.07 Å². The van der Waals surface area contributed by atoms with Gasteiger partial charge in [-0.15, -0.1) is 5.10 Å². The number of H-pyrrole nitrogens is 1. The van der Waals surface area contributed by atoms with Crippen molar-refractivity contribution in [3.05, 3.63) is 74.2 Å². The fourth-order valence-electron chi connectivity index (χ4n) is 4.53. The smallest absolute Gasteiger partial charge is 0.336 e. The average Bonchev–Trinajstić information content (AvgIpc) is 3.37. The highest BCUT2D eigenvalue weighted by Gasteiger charge is 2.40. The highest BCUT2D eigenvalue weighted by Crippen LogP contribution is 2.42. The van der Waals surface area contributed by atoms with Crippen molar-refractivity contribution in [3.63, 3.8) is 0 Å². The summed E-state index contributed by atoms with van der Waals surface area (Å²) in [7, 11) is 0. The molecular formula is C28H36N4O7. The van der Waals surface area contributed by atoms with Gasteiger partial charge in [-0.05, 0) is 52.9 Å². The number of allylic oxidation sites excluding steroid dienone is 2. The number of esters is 2. The van der Waals surface area contributed by atoms with Crippen LogP contribution in [0.4, 0.5) is 5.69 Å². The van der Waals surface area contributed by atoms with E-state index in [1.807, 2.05) is 13.0 Å². The Labute approximate surface area is 227 Å². The number of nitro groups is 1. The number of unbranched alkanes of at least 4 members (excludes halogenated alkanes) is 3. The van der Waals surface area contributed by atoms with Crippen LogP contribution in [0.15, 0.2) is 52.9 Å². The third-order valence-electron chi connectivity index (χ3n) is 6.43. The molecule has 0 bridgehead atoms. The first-order valence-electron chi connectivity index (χ1n) is 13.2. The van der Waals surface area contributed by atoms with E-state index in [2.05, 4.69) is 15.5 Å². The van der Waals surface area contributed by atoms with Gasteiger partial charge < -0.3 is 19.5 Å². The van der Waals surface area contributed by atoms with Gasteiger partial charge in [0, 0.05) is 34.8 Å². The number of hydrogen-bond donors (Lipinski definition) is 2. The average molecular weight is 541 g/mol. The van der Waals surface area contributed by atoms with Gasteiger partial charge in [0.1, 0.15) is 0 Å². The van der Waals surface area contributed by atoms with Crippen LogP contribution in [0.1, 0.15) is 70.6 Å². The zero-order valence-corrected chi connectivity index (χ0v) is 22.9. The normalized spacial score (nSPS) is 15.1. The largest absolute Gasteiger partial charge is 0.477 e. The summed E-state index contributed by atoms with van der Waals surface area (Å²) in [4.78, 5) is 37.6. The van der Waals surface area contributed by atoms with Crippen LogP contribution in [0, 0.1) is 10.1 Å². The van der Waals surface area contributed by atoms with Crippen molar-refractivity contribution in [3.8, 4) is 5.88 Å². The molecular weight excluding hydrogens is 504 g/mol. The number of carbonyl (C=O) groups is 2. The first kappa shape index (κ1) is 29.4. The van der Waals surface area contributed by atoms with Crippen molar-refractivity contribution < 1.29 is 28.7 Å². The summed E-state index contributed by atoms with van der Waals surface area (Å²) >= 11 is 0. The molecule has 39 heavy (non-hydrogen) atoms. The van der Waals surface area contributed by atoms with E-state index in [0.29, 0.717) is 30.3 Å². The Morgan fingerprint density at radius 3 is 2.23 bits per heavy atom. The quantitative estimate of drug-likeness (QED) is 0.148. The second-order valence-corrected chi connectivity index (χ2v) is 9.16. The first-order chi connectivity index (χ1) is 18.8. The molecule has 2 N–H and O–H groups in total. The molecule has 0 aliphatic carbocycles. The Kier molecular flexibility index (Phi) is 10.7. The monoisotopic (exact) mass is 540 g/mol. The fraction of sp³-hybridized carbons (Fsp3) is 0.464. The number of hydrogen-bond acceptors (Lipinski definition) is 9. The molecule has 210 valence electrons. The lowest BCUT2D eigenvalue weighted by Gasteiger charge is -2.30. The zero-order valence-electron chi connectivity index (χ0n) is 22.9. The number of dihydropyridines is 1. The number of aromatic nitrogens is 2. The van der Waals surface area contributed by atoms with Crippen molar-refractivity contribution in [2.24, 2.45) is 0 Å². The molecule has 1 aromatic carbocycles. The van der Waals surface area contributed by atoms with Gasteiger partial charge >= 0.3 is 11.9 Å². The minimum atomic E-state index is -1.01. The minimum Gasteiger partial charge on any atom is -0.477 e. The molecule has 1 aliphatic heterocycles. The van der Waals surface area contributed by atoms with Crippen LogP contribution in [-0.4, -0.2) is 46.9 Å². The molecule has 2 heterocycles. The third kappa shape index (κ3) is 7.46. The predicted octanol–water partition coefficient (Wildman–Crippen LogP) is 4.86. The second-order valence-electron chi connectivity index (χ2n) is 9.16. The van der Waals surface area contributed by atoms with Gasteiger partial charge in [0.15, 0.2) is 0 Å². The lowest BCUT2D eigenvalue weighted by Crippen LogP contribution is -2.33. The molecule has 1 aliphatic rings. The van der Waals surface area contributed by atoms with Gasteiger partial charge in [-0.1, -0.05) is 25.1 Å². The SMILES string of the molecule is CCOC(=O)C1=C(C)NC(C)=C(C(=O)OCCCCCCOc2cc(CC)[nH]n2)C1c1ccccc1[N+](=O)[O-]. The standard InChI is InChI=1S/C28H36N4O7/c1-5-20-17-23(31-30-20)38-15-11-7-8-12-16-39-28(34)25-19(4)29-18(3)24(27(33)37-6-2)26(25)21-13-9-10-14-22(21)32(35)36/h9-10,13-14,17,26,29H,5-8,11-12,15-16H2,1-4H3,(H,30,31). The van der Waals surface area contributed by atoms with Gasteiger partial charge in [0.2, 0.25) is 5.88 Å². The Hall–Kier alpha value is -4.15. The van der Waals surface area contributed by atoms with E-state index in [4.69, 9.17) is 14.2 Å². The van der Waals surface area contributed by atoms with Crippen LogP contribution in [0.3, 0.4) is 0 Å². The molecule has 1 atom stereocenters. The Balaban J connectivity index is 1.65. The van der Waals surface area contributed by atoms with E-state index in [9.17, 15) is 19.7 Å². The number of ether oxygens (including phenoxy) is 3. The summed E-state index contributed by atoms with van der Waals surface area (Å²) in [5.41, 5.74) is 2.28.